The van der Waals surface area contributed by atoms with Gasteiger partial charge in [0, 0.05) is 29.8 Å². The molecule has 2 heterocycles. The summed E-state index contributed by atoms with van der Waals surface area (Å²) >= 11 is 0. The van der Waals surface area contributed by atoms with E-state index in [0.29, 0.717) is 35.5 Å². The number of rotatable bonds is 8. The van der Waals surface area contributed by atoms with Crippen molar-refractivity contribution in [3.8, 4) is 5.75 Å². The molecule has 3 N–H and O–H groups in total. The third-order valence-electron chi connectivity index (χ3n) is 6.92. The van der Waals surface area contributed by atoms with Gasteiger partial charge in [0.05, 0.1) is 5.69 Å². The largest absolute Gasteiger partial charge is 0.474 e. The Labute approximate surface area is 195 Å². The molecule has 3 atom stereocenters. The molecule has 1 unspecified atom stereocenters. The second-order valence-corrected chi connectivity index (χ2v) is 9.14. The van der Waals surface area contributed by atoms with Crippen molar-refractivity contribution < 1.29 is 14.7 Å². The van der Waals surface area contributed by atoms with Gasteiger partial charge in [-0.25, -0.2) is 0 Å². The number of carbonyl (C=O) groups is 1. The lowest BCUT2D eigenvalue weighted by molar-refractivity contribution is -0.126. The maximum Gasteiger partial charge on any atom is 0.272 e. The highest BCUT2D eigenvalue weighted by atomic mass is 16.5. The van der Waals surface area contributed by atoms with E-state index in [1.807, 2.05) is 35.2 Å². The van der Waals surface area contributed by atoms with Crippen molar-refractivity contribution in [2.24, 2.45) is 10.9 Å². The van der Waals surface area contributed by atoms with E-state index in [1.54, 1.807) is 18.2 Å². The van der Waals surface area contributed by atoms with Gasteiger partial charge in [-0.3, -0.25) is 9.69 Å². The van der Waals surface area contributed by atoms with Gasteiger partial charge in [-0.15, -0.1) is 0 Å². The fraction of sp³-hybridized carbons (Fsp3) is 0.462. The summed E-state index contributed by atoms with van der Waals surface area (Å²) in [6.45, 7) is 6.42. The minimum Gasteiger partial charge on any atom is -0.474 e. The molecule has 0 saturated carbocycles. The van der Waals surface area contributed by atoms with Gasteiger partial charge in [-0.1, -0.05) is 41.9 Å². The van der Waals surface area contributed by atoms with E-state index in [-0.39, 0.29) is 11.7 Å². The first-order chi connectivity index (χ1) is 16.0. The van der Waals surface area contributed by atoms with Gasteiger partial charge in [0.25, 0.3) is 5.91 Å². The third kappa shape index (κ3) is 4.98. The molecule has 0 aromatic heterocycles. The molecule has 0 aliphatic carbocycles. The van der Waals surface area contributed by atoms with Crippen LogP contribution in [0.15, 0.2) is 53.7 Å². The molecule has 1 fully saturated rings. The molecule has 33 heavy (non-hydrogen) atoms. The Bertz CT molecular complexity index is 999. The van der Waals surface area contributed by atoms with E-state index in [2.05, 4.69) is 23.9 Å². The summed E-state index contributed by atoms with van der Waals surface area (Å²) in [5.41, 5.74) is 7.79. The number of nitrogens with zero attached hydrogens (tertiary/aromatic N) is 3. The predicted octanol–water partition coefficient (Wildman–Crippen LogP) is 4.29. The Morgan fingerprint density at radius 2 is 1.79 bits per heavy atom. The fourth-order valence-electron chi connectivity index (χ4n) is 5.01. The molecule has 1 amide bonds. The van der Waals surface area contributed by atoms with Gasteiger partial charge in [0.2, 0.25) is 6.10 Å². The number of amidine groups is 1. The van der Waals surface area contributed by atoms with Crippen molar-refractivity contribution >= 4 is 17.4 Å². The first kappa shape index (κ1) is 23.1. The SMILES string of the molecule is C[C@@H]1CC[C@H](C)N1CCCCCN1C(=O)C(c2cccc(/C(N)=N/O)c2)Oc2ccccc21. The summed E-state index contributed by atoms with van der Waals surface area (Å²) in [5.74, 6) is 0.599. The molecule has 4 rings (SSSR count). The number of carbonyl (C=O) groups excluding carboxylic acids is 1. The Balaban J connectivity index is 1.44. The maximum absolute atomic E-state index is 13.5. The highest BCUT2D eigenvalue weighted by Crippen LogP contribution is 2.39. The van der Waals surface area contributed by atoms with E-state index < -0.39 is 6.10 Å². The minimum atomic E-state index is -0.766. The molecule has 7 heteroatoms. The van der Waals surface area contributed by atoms with Crippen molar-refractivity contribution in [1.29, 1.82) is 0 Å². The Kier molecular flexibility index (Phi) is 7.18. The average Bonchev–Trinajstić information content (AvgIpc) is 3.16. The number of hydrogen-bond donors (Lipinski definition) is 2. The zero-order valence-electron chi connectivity index (χ0n) is 19.5. The number of ether oxygens (including phenoxy) is 1. The number of likely N-dealkylation sites (tertiary alicyclic amines) is 1. The average molecular weight is 451 g/mol. The standard InChI is InChI=1S/C26H34N4O3/c1-18-13-14-19(2)29(18)15-6-3-7-16-30-22-11-4-5-12-23(22)33-24(26(30)31)20-9-8-10-21(17-20)25(27)28-32/h4-5,8-12,17-19,24,32H,3,6-7,13-16H2,1-2H3,(H2,27,28)/t18-,19+,24?. The number of unbranched alkanes of at least 4 members (excludes halogenated alkanes) is 2. The monoisotopic (exact) mass is 450 g/mol. The summed E-state index contributed by atoms with van der Waals surface area (Å²) in [6, 6.07) is 16.1. The van der Waals surface area contributed by atoms with Crippen LogP contribution in [0.5, 0.6) is 5.75 Å². The molecule has 0 spiro atoms. The van der Waals surface area contributed by atoms with Gasteiger partial charge in [-0.05, 0) is 64.3 Å². The smallest absolute Gasteiger partial charge is 0.272 e. The van der Waals surface area contributed by atoms with E-state index in [4.69, 9.17) is 15.7 Å². The molecule has 2 aliphatic heterocycles. The highest BCUT2D eigenvalue weighted by Gasteiger charge is 2.35. The Morgan fingerprint density at radius 3 is 2.55 bits per heavy atom. The predicted molar refractivity (Wildman–Crippen MR) is 130 cm³/mol. The highest BCUT2D eigenvalue weighted by molar-refractivity contribution is 6.01. The van der Waals surface area contributed by atoms with Crippen LogP contribution in [0.3, 0.4) is 0 Å². The minimum absolute atomic E-state index is 0.000922. The normalized spacial score (nSPS) is 23.5. The number of para-hydroxylation sites is 2. The van der Waals surface area contributed by atoms with Crippen LogP contribution in [0.1, 0.15) is 63.2 Å². The second-order valence-electron chi connectivity index (χ2n) is 9.14. The van der Waals surface area contributed by atoms with Crippen LogP contribution in [0.4, 0.5) is 5.69 Å². The number of benzene rings is 2. The van der Waals surface area contributed by atoms with Crippen molar-refractivity contribution in [3.63, 3.8) is 0 Å². The first-order valence-electron chi connectivity index (χ1n) is 11.9. The zero-order valence-corrected chi connectivity index (χ0v) is 19.5. The quantitative estimate of drug-likeness (QED) is 0.206. The van der Waals surface area contributed by atoms with Crippen LogP contribution in [0.2, 0.25) is 0 Å². The molecule has 176 valence electrons. The van der Waals surface area contributed by atoms with E-state index in [9.17, 15) is 4.79 Å². The van der Waals surface area contributed by atoms with Crippen molar-refractivity contribution in [1.82, 2.24) is 4.90 Å². The van der Waals surface area contributed by atoms with Crippen LogP contribution in [-0.4, -0.2) is 47.0 Å². The number of amides is 1. The second kappa shape index (κ2) is 10.3. The molecule has 2 aliphatic rings. The molecular weight excluding hydrogens is 416 g/mol. The lowest BCUT2D eigenvalue weighted by Crippen LogP contribution is -2.41. The number of oxime groups is 1. The Hall–Kier alpha value is -3.06. The molecule has 1 saturated heterocycles. The number of fused-ring (bicyclic) bond motifs is 1. The molecule has 0 radical (unpaired) electrons. The van der Waals surface area contributed by atoms with Gasteiger partial charge in [0.1, 0.15) is 5.75 Å². The zero-order chi connectivity index (χ0) is 23.4. The molecule has 7 nitrogen and oxygen atoms in total. The topological polar surface area (TPSA) is 91.4 Å². The summed E-state index contributed by atoms with van der Waals surface area (Å²) in [7, 11) is 0. The summed E-state index contributed by atoms with van der Waals surface area (Å²) in [6.07, 6.45) is 4.97. The van der Waals surface area contributed by atoms with E-state index >= 15 is 0 Å². The summed E-state index contributed by atoms with van der Waals surface area (Å²) in [5, 5.41) is 12.1. The fourth-order valence-corrected chi connectivity index (χ4v) is 5.01. The molecule has 2 aromatic rings. The summed E-state index contributed by atoms with van der Waals surface area (Å²) < 4.78 is 6.11. The van der Waals surface area contributed by atoms with Gasteiger partial charge in [0.15, 0.2) is 5.84 Å². The van der Waals surface area contributed by atoms with Crippen molar-refractivity contribution in [3.05, 3.63) is 59.7 Å². The lowest BCUT2D eigenvalue weighted by Gasteiger charge is -2.34. The van der Waals surface area contributed by atoms with Crippen LogP contribution in [-0.2, 0) is 4.79 Å². The number of nitrogens with two attached hydrogens (primary N) is 1. The maximum atomic E-state index is 13.5. The van der Waals surface area contributed by atoms with Crippen molar-refractivity contribution in [2.45, 2.75) is 64.1 Å². The molecular formula is C26H34N4O3. The van der Waals surface area contributed by atoms with Crippen LogP contribution in [0, 0.1) is 0 Å². The van der Waals surface area contributed by atoms with Crippen LogP contribution >= 0.6 is 0 Å². The first-order valence-corrected chi connectivity index (χ1v) is 11.9. The lowest BCUT2D eigenvalue weighted by atomic mass is 10.0. The Morgan fingerprint density at radius 1 is 1.06 bits per heavy atom. The van der Waals surface area contributed by atoms with E-state index in [1.165, 1.54) is 12.8 Å². The van der Waals surface area contributed by atoms with Gasteiger partial charge >= 0.3 is 0 Å². The van der Waals surface area contributed by atoms with Crippen LogP contribution in [0.25, 0.3) is 0 Å². The number of anilines is 1. The van der Waals surface area contributed by atoms with Gasteiger partial charge < -0.3 is 20.6 Å². The molecule has 0 bridgehead atoms. The van der Waals surface area contributed by atoms with Crippen LogP contribution < -0.4 is 15.4 Å². The summed E-state index contributed by atoms with van der Waals surface area (Å²) in [4.78, 5) is 17.9. The van der Waals surface area contributed by atoms with E-state index in [0.717, 1.165) is 31.5 Å². The van der Waals surface area contributed by atoms with Gasteiger partial charge in [-0.2, -0.15) is 0 Å². The molecule has 2 aromatic carbocycles. The third-order valence-corrected chi connectivity index (χ3v) is 6.92. The van der Waals surface area contributed by atoms with Crippen molar-refractivity contribution in [2.75, 3.05) is 18.0 Å². The number of hydrogen-bond acceptors (Lipinski definition) is 5.